The summed E-state index contributed by atoms with van der Waals surface area (Å²) in [6.45, 7) is 0. The van der Waals surface area contributed by atoms with Crippen LogP contribution in [0.2, 0.25) is 0 Å². The van der Waals surface area contributed by atoms with E-state index >= 15 is 0 Å². The van der Waals surface area contributed by atoms with Crippen molar-refractivity contribution in [3.63, 3.8) is 0 Å². The summed E-state index contributed by atoms with van der Waals surface area (Å²) in [4.78, 5) is 0. The first-order chi connectivity index (χ1) is 8.74. The van der Waals surface area contributed by atoms with E-state index in [2.05, 4.69) is 23.7 Å². The summed E-state index contributed by atoms with van der Waals surface area (Å²) in [6.07, 6.45) is 21.9. The molecule has 2 rings (SSSR count). The maximum absolute atomic E-state index is 5.54. The largest absolute Gasteiger partial charge is 0.115 e. The second-order valence-electron chi connectivity index (χ2n) is 3.69. The van der Waals surface area contributed by atoms with Gasteiger partial charge in [-0.1, -0.05) is 29.7 Å². The lowest BCUT2D eigenvalue weighted by Crippen LogP contribution is -1.92. The average Bonchev–Trinajstić information content (AvgIpc) is 2.44. The maximum Gasteiger partial charge on any atom is 0.0562 e. The zero-order chi connectivity index (χ0) is 13.1. The van der Waals surface area contributed by atoms with E-state index < -0.39 is 0 Å². The van der Waals surface area contributed by atoms with Crippen LogP contribution in [0.25, 0.3) is 10.8 Å². The topological polar surface area (TPSA) is 0 Å². The number of benzene rings is 2. The molecule has 80 valence electrons. The molecule has 0 radical (unpaired) electrons. The van der Waals surface area contributed by atoms with Crippen LogP contribution in [0.4, 0.5) is 0 Å². The van der Waals surface area contributed by atoms with Gasteiger partial charge in [-0.25, -0.2) is 0 Å². The highest BCUT2D eigenvalue weighted by atomic mass is 14.1. The Morgan fingerprint density at radius 3 is 2.00 bits per heavy atom. The summed E-state index contributed by atoms with van der Waals surface area (Å²) in [5.41, 5.74) is 2.59. The van der Waals surface area contributed by atoms with Gasteiger partial charge in [0.05, 0.1) is 5.56 Å². The monoisotopic (exact) mass is 224 g/mol. The highest BCUT2D eigenvalue weighted by Crippen LogP contribution is 2.25. The average molecular weight is 224 g/mol. The minimum Gasteiger partial charge on any atom is -0.115 e. The van der Waals surface area contributed by atoms with Crippen LogP contribution in [-0.4, -0.2) is 0 Å². The second-order valence-corrected chi connectivity index (χ2v) is 3.69. The van der Waals surface area contributed by atoms with Gasteiger partial charge in [0.25, 0.3) is 0 Å². The van der Waals surface area contributed by atoms with Crippen molar-refractivity contribution in [3.8, 4) is 49.4 Å². The first-order valence-corrected chi connectivity index (χ1v) is 5.22. The molecule has 0 atom stereocenters. The number of fused-ring (bicyclic) bond motifs is 1. The predicted molar refractivity (Wildman–Crippen MR) is 75.7 cm³/mol. The van der Waals surface area contributed by atoms with Crippen molar-refractivity contribution in [2.75, 3.05) is 0 Å². The van der Waals surface area contributed by atoms with Crippen LogP contribution in [-0.2, 0) is 0 Å². The molecule has 0 unspecified atom stereocenters. The lowest BCUT2D eigenvalue weighted by atomic mass is 9.94. The Morgan fingerprint density at radius 1 is 0.722 bits per heavy atom. The number of hydrogen-bond donors (Lipinski definition) is 0. The molecule has 0 aliphatic rings. The number of terminal acetylenes is 4. The van der Waals surface area contributed by atoms with Gasteiger partial charge >= 0.3 is 0 Å². The molecule has 18 heavy (non-hydrogen) atoms. The van der Waals surface area contributed by atoms with Crippen molar-refractivity contribution < 1.29 is 0 Å². The molecule has 0 heteroatoms. The molecule has 0 fully saturated rings. The van der Waals surface area contributed by atoms with Crippen molar-refractivity contribution in [2.45, 2.75) is 0 Å². The van der Waals surface area contributed by atoms with Gasteiger partial charge in [-0.2, -0.15) is 0 Å². The number of hydrogen-bond acceptors (Lipinski definition) is 0. The molecule has 0 saturated heterocycles. The molecule has 0 N–H and O–H groups in total. The smallest absolute Gasteiger partial charge is 0.0562 e. The summed E-state index contributed by atoms with van der Waals surface area (Å²) in [5, 5.41) is 1.80. The van der Waals surface area contributed by atoms with Gasteiger partial charge in [0.15, 0.2) is 0 Å². The summed E-state index contributed by atoms with van der Waals surface area (Å²) in [6, 6.07) is 7.45. The molecule has 0 saturated carbocycles. The molecular weight excluding hydrogens is 216 g/mol. The molecule has 2 aromatic carbocycles. The van der Waals surface area contributed by atoms with Crippen LogP contribution in [0.15, 0.2) is 24.3 Å². The van der Waals surface area contributed by atoms with Crippen LogP contribution in [0.3, 0.4) is 0 Å². The summed E-state index contributed by atoms with van der Waals surface area (Å²) < 4.78 is 0. The van der Waals surface area contributed by atoms with Crippen molar-refractivity contribution in [2.24, 2.45) is 0 Å². The van der Waals surface area contributed by atoms with Gasteiger partial charge in [-0.15, -0.1) is 25.7 Å². The van der Waals surface area contributed by atoms with Gasteiger partial charge in [0.2, 0.25) is 0 Å². The van der Waals surface area contributed by atoms with Crippen LogP contribution in [0, 0.1) is 49.4 Å². The summed E-state index contributed by atoms with van der Waals surface area (Å²) in [7, 11) is 0. The fraction of sp³-hybridized carbons (Fsp3) is 0. The van der Waals surface area contributed by atoms with Crippen molar-refractivity contribution in [3.05, 3.63) is 46.5 Å². The maximum atomic E-state index is 5.54. The molecular formula is C18H8. The Hall–Kier alpha value is -3.06. The first-order valence-electron chi connectivity index (χ1n) is 5.22. The van der Waals surface area contributed by atoms with E-state index in [1.165, 1.54) is 0 Å². The zero-order valence-electron chi connectivity index (χ0n) is 9.62. The third kappa shape index (κ3) is 1.60. The first kappa shape index (κ1) is 11.4. The molecule has 0 aromatic heterocycles. The number of rotatable bonds is 0. The van der Waals surface area contributed by atoms with E-state index in [1.807, 2.05) is 24.3 Å². The Morgan fingerprint density at radius 2 is 1.44 bits per heavy atom. The van der Waals surface area contributed by atoms with E-state index in [1.54, 1.807) is 0 Å². The molecule has 0 aliphatic heterocycles. The van der Waals surface area contributed by atoms with Gasteiger partial charge in [-0.05, 0) is 29.0 Å². The van der Waals surface area contributed by atoms with Crippen molar-refractivity contribution in [1.82, 2.24) is 0 Å². The minimum absolute atomic E-state index is 0.571. The molecule has 0 heterocycles. The van der Waals surface area contributed by atoms with Crippen molar-refractivity contribution >= 4 is 10.8 Å². The molecule has 0 spiro atoms. The lowest BCUT2D eigenvalue weighted by Gasteiger charge is -2.07. The Balaban J connectivity index is 3.03. The molecule has 0 nitrogen and oxygen atoms in total. The highest BCUT2D eigenvalue weighted by Gasteiger charge is 2.09. The third-order valence-corrected chi connectivity index (χ3v) is 2.75. The van der Waals surface area contributed by atoms with Gasteiger partial charge < -0.3 is 0 Å². The summed E-state index contributed by atoms with van der Waals surface area (Å²) >= 11 is 0. The minimum atomic E-state index is 0.571. The van der Waals surface area contributed by atoms with Gasteiger partial charge in [-0.3, -0.25) is 0 Å². The highest BCUT2D eigenvalue weighted by molar-refractivity contribution is 5.93. The SMILES string of the molecule is C#Cc1ccc2cc(C#C)c(C#C)c(C#C)c2c1. The quantitative estimate of drug-likeness (QED) is 0.604. The van der Waals surface area contributed by atoms with Gasteiger partial charge in [0.1, 0.15) is 0 Å². The van der Waals surface area contributed by atoms with E-state index in [0.29, 0.717) is 16.7 Å². The van der Waals surface area contributed by atoms with Crippen LogP contribution >= 0.6 is 0 Å². The second kappa shape index (κ2) is 4.44. The summed E-state index contributed by atoms with van der Waals surface area (Å²) in [5.74, 6) is 10.3. The Kier molecular flexibility index (Phi) is 2.82. The standard InChI is InChI=1S/C18H8/c1-5-13-9-10-15-12-14(6-2)16(7-3)17(8-4)18(15)11-13/h1-4,9-12H. The lowest BCUT2D eigenvalue weighted by molar-refractivity contribution is 1.59. The molecule has 0 bridgehead atoms. The van der Waals surface area contributed by atoms with Crippen molar-refractivity contribution in [1.29, 1.82) is 0 Å². The molecule has 0 amide bonds. The van der Waals surface area contributed by atoms with E-state index in [4.69, 9.17) is 25.7 Å². The molecule has 0 aliphatic carbocycles. The van der Waals surface area contributed by atoms with Gasteiger partial charge in [0, 0.05) is 16.7 Å². The zero-order valence-corrected chi connectivity index (χ0v) is 9.62. The Bertz CT molecular complexity index is 807. The fourth-order valence-electron chi connectivity index (χ4n) is 1.90. The van der Waals surface area contributed by atoms with Crippen LogP contribution in [0.1, 0.15) is 22.3 Å². The van der Waals surface area contributed by atoms with E-state index in [9.17, 15) is 0 Å². The van der Waals surface area contributed by atoms with Crippen LogP contribution in [0.5, 0.6) is 0 Å². The third-order valence-electron chi connectivity index (χ3n) is 2.75. The predicted octanol–water partition coefficient (Wildman–Crippen LogP) is 2.77. The van der Waals surface area contributed by atoms with E-state index in [-0.39, 0.29) is 0 Å². The normalized spacial score (nSPS) is 8.89. The Labute approximate surface area is 107 Å². The van der Waals surface area contributed by atoms with E-state index in [0.717, 1.165) is 16.3 Å². The molecule has 2 aromatic rings. The fourth-order valence-corrected chi connectivity index (χ4v) is 1.90. The van der Waals surface area contributed by atoms with Crippen LogP contribution < -0.4 is 0 Å².